The minimum Gasteiger partial charge on any atom is -0.494 e. The first kappa shape index (κ1) is 12.5. The number of hydrogen-bond donors (Lipinski definition) is 1. The van der Waals surface area contributed by atoms with Gasteiger partial charge in [0.15, 0.2) is 0 Å². The van der Waals surface area contributed by atoms with Crippen molar-refractivity contribution in [2.45, 2.75) is 6.92 Å². The molecular formula is C15H13IN2O. The second-order valence-corrected chi connectivity index (χ2v) is 5.25. The molecule has 96 valence electrons. The van der Waals surface area contributed by atoms with Gasteiger partial charge in [-0.2, -0.15) is 0 Å². The number of fused-ring (bicyclic) bond motifs is 1. The van der Waals surface area contributed by atoms with E-state index in [1.807, 2.05) is 25.1 Å². The molecule has 1 aromatic carbocycles. The summed E-state index contributed by atoms with van der Waals surface area (Å²) in [5, 5.41) is 1.16. The predicted octanol–water partition coefficient (Wildman–Crippen LogP) is 4.23. The van der Waals surface area contributed by atoms with E-state index in [9.17, 15) is 0 Å². The number of ether oxygens (including phenoxy) is 1. The highest BCUT2D eigenvalue weighted by Gasteiger charge is 2.11. The number of aromatic amines is 1. The Morgan fingerprint density at radius 1 is 1.21 bits per heavy atom. The van der Waals surface area contributed by atoms with Gasteiger partial charge in [-0.15, -0.1) is 0 Å². The molecule has 4 heteroatoms. The van der Waals surface area contributed by atoms with Gasteiger partial charge in [0.05, 0.1) is 12.3 Å². The summed E-state index contributed by atoms with van der Waals surface area (Å²) in [7, 11) is 0. The van der Waals surface area contributed by atoms with Gasteiger partial charge in [0, 0.05) is 15.2 Å². The van der Waals surface area contributed by atoms with Crippen molar-refractivity contribution in [1.82, 2.24) is 9.97 Å². The molecule has 0 radical (unpaired) electrons. The summed E-state index contributed by atoms with van der Waals surface area (Å²) in [4.78, 5) is 7.72. The zero-order valence-corrected chi connectivity index (χ0v) is 12.6. The molecule has 0 spiro atoms. The number of aromatic nitrogens is 2. The number of pyridine rings is 1. The SMILES string of the molecule is CCOc1ccc(-c2[nH]c3ncccc3c2I)cc1. The predicted molar refractivity (Wildman–Crippen MR) is 85.4 cm³/mol. The van der Waals surface area contributed by atoms with Crippen LogP contribution in [-0.2, 0) is 0 Å². The number of nitrogens with one attached hydrogen (secondary N) is 1. The van der Waals surface area contributed by atoms with Crippen LogP contribution < -0.4 is 4.74 Å². The van der Waals surface area contributed by atoms with Crippen LogP contribution in [0.15, 0.2) is 42.6 Å². The molecule has 0 atom stereocenters. The number of H-pyrrole nitrogens is 1. The van der Waals surface area contributed by atoms with Crippen LogP contribution in [0.25, 0.3) is 22.3 Å². The van der Waals surface area contributed by atoms with Crippen molar-refractivity contribution in [2.75, 3.05) is 6.61 Å². The number of halogens is 1. The van der Waals surface area contributed by atoms with Gasteiger partial charge in [-0.1, -0.05) is 0 Å². The summed E-state index contributed by atoms with van der Waals surface area (Å²) in [6, 6.07) is 12.2. The summed E-state index contributed by atoms with van der Waals surface area (Å²) in [5.74, 6) is 0.899. The van der Waals surface area contributed by atoms with Gasteiger partial charge in [0.25, 0.3) is 0 Å². The lowest BCUT2D eigenvalue weighted by Gasteiger charge is -2.04. The standard InChI is InChI=1S/C15H13IN2O/c1-2-19-11-7-5-10(6-8-11)14-13(16)12-4-3-9-17-15(12)18-14/h3-9H,2H2,1H3,(H,17,18). The fraction of sp³-hybridized carbons (Fsp3) is 0.133. The van der Waals surface area contributed by atoms with E-state index in [-0.39, 0.29) is 0 Å². The molecule has 3 aromatic rings. The van der Waals surface area contributed by atoms with Gasteiger partial charge < -0.3 is 9.72 Å². The van der Waals surface area contributed by atoms with Gasteiger partial charge in [-0.05, 0) is 71.5 Å². The van der Waals surface area contributed by atoms with Crippen molar-refractivity contribution in [3.8, 4) is 17.0 Å². The summed E-state index contributed by atoms with van der Waals surface area (Å²) in [5.41, 5.74) is 3.18. The lowest BCUT2D eigenvalue weighted by molar-refractivity contribution is 0.340. The van der Waals surface area contributed by atoms with E-state index in [0.717, 1.165) is 28.0 Å². The van der Waals surface area contributed by atoms with Gasteiger partial charge in [-0.25, -0.2) is 4.98 Å². The van der Waals surface area contributed by atoms with E-state index in [1.54, 1.807) is 6.20 Å². The molecule has 0 aliphatic heterocycles. The van der Waals surface area contributed by atoms with Crippen LogP contribution >= 0.6 is 22.6 Å². The molecule has 0 aliphatic carbocycles. The van der Waals surface area contributed by atoms with Crippen LogP contribution in [0.1, 0.15) is 6.92 Å². The average molecular weight is 364 g/mol. The molecule has 2 aromatic heterocycles. The van der Waals surface area contributed by atoms with Crippen molar-refractivity contribution in [3.05, 3.63) is 46.2 Å². The Balaban J connectivity index is 2.06. The second kappa shape index (κ2) is 5.21. The Kier molecular flexibility index (Phi) is 3.42. The molecule has 0 unspecified atom stereocenters. The largest absolute Gasteiger partial charge is 0.494 e. The minimum absolute atomic E-state index is 0.688. The minimum atomic E-state index is 0.688. The zero-order valence-electron chi connectivity index (χ0n) is 10.5. The van der Waals surface area contributed by atoms with Crippen LogP contribution in [0.2, 0.25) is 0 Å². The van der Waals surface area contributed by atoms with Crippen LogP contribution in [0.5, 0.6) is 5.75 Å². The highest BCUT2D eigenvalue weighted by Crippen LogP contribution is 2.31. The van der Waals surface area contributed by atoms with E-state index < -0.39 is 0 Å². The van der Waals surface area contributed by atoms with E-state index in [4.69, 9.17) is 4.74 Å². The maximum Gasteiger partial charge on any atom is 0.138 e. The summed E-state index contributed by atoms with van der Waals surface area (Å²) in [6.07, 6.45) is 1.80. The molecule has 1 N–H and O–H groups in total. The number of hydrogen-bond acceptors (Lipinski definition) is 2. The van der Waals surface area contributed by atoms with Crippen molar-refractivity contribution < 1.29 is 4.74 Å². The highest BCUT2D eigenvalue weighted by atomic mass is 127. The Hall–Kier alpha value is -1.56. The normalized spacial score (nSPS) is 10.8. The van der Waals surface area contributed by atoms with Crippen LogP contribution in [-0.4, -0.2) is 16.6 Å². The van der Waals surface area contributed by atoms with Gasteiger partial charge >= 0.3 is 0 Å². The molecule has 2 heterocycles. The molecule has 0 aliphatic rings. The number of nitrogens with zero attached hydrogens (tertiary/aromatic N) is 1. The number of benzene rings is 1. The topological polar surface area (TPSA) is 37.9 Å². The second-order valence-electron chi connectivity index (χ2n) is 4.17. The van der Waals surface area contributed by atoms with Crippen molar-refractivity contribution >= 4 is 33.6 Å². The molecule has 0 fully saturated rings. The fourth-order valence-electron chi connectivity index (χ4n) is 2.07. The lowest BCUT2D eigenvalue weighted by atomic mass is 10.1. The third kappa shape index (κ3) is 2.32. The molecule has 0 saturated carbocycles. The Bertz CT molecular complexity index is 704. The molecule has 19 heavy (non-hydrogen) atoms. The van der Waals surface area contributed by atoms with E-state index in [2.05, 4.69) is 50.8 Å². The smallest absolute Gasteiger partial charge is 0.138 e. The average Bonchev–Trinajstić information content (AvgIpc) is 2.78. The summed E-state index contributed by atoms with van der Waals surface area (Å²) >= 11 is 2.36. The highest BCUT2D eigenvalue weighted by molar-refractivity contribution is 14.1. The first-order valence-corrected chi connectivity index (χ1v) is 7.23. The van der Waals surface area contributed by atoms with Crippen LogP contribution in [0.3, 0.4) is 0 Å². The number of rotatable bonds is 3. The van der Waals surface area contributed by atoms with Gasteiger partial charge in [0.1, 0.15) is 11.4 Å². The molecule has 0 saturated heterocycles. The monoisotopic (exact) mass is 364 g/mol. The van der Waals surface area contributed by atoms with Crippen LogP contribution in [0, 0.1) is 3.57 Å². The van der Waals surface area contributed by atoms with Crippen molar-refractivity contribution in [2.24, 2.45) is 0 Å². The Labute approximate surface area is 125 Å². The van der Waals surface area contributed by atoms with Crippen molar-refractivity contribution in [3.63, 3.8) is 0 Å². The molecular weight excluding hydrogens is 351 g/mol. The van der Waals surface area contributed by atoms with Crippen LogP contribution in [0.4, 0.5) is 0 Å². The molecule has 0 bridgehead atoms. The molecule has 0 amide bonds. The maximum absolute atomic E-state index is 5.46. The summed E-state index contributed by atoms with van der Waals surface area (Å²) < 4.78 is 6.66. The van der Waals surface area contributed by atoms with Gasteiger partial charge in [-0.3, -0.25) is 0 Å². The fourth-order valence-corrected chi connectivity index (χ4v) is 2.95. The third-order valence-electron chi connectivity index (χ3n) is 2.96. The lowest BCUT2D eigenvalue weighted by Crippen LogP contribution is -1.90. The zero-order chi connectivity index (χ0) is 13.2. The van der Waals surface area contributed by atoms with E-state index in [1.165, 1.54) is 3.57 Å². The van der Waals surface area contributed by atoms with Crippen molar-refractivity contribution in [1.29, 1.82) is 0 Å². The first-order chi connectivity index (χ1) is 9.29. The first-order valence-electron chi connectivity index (χ1n) is 6.15. The summed E-state index contributed by atoms with van der Waals surface area (Å²) in [6.45, 7) is 2.67. The van der Waals surface area contributed by atoms with Gasteiger partial charge in [0.2, 0.25) is 0 Å². The Morgan fingerprint density at radius 3 is 2.68 bits per heavy atom. The molecule has 3 nitrogen and oxygen atoms in total. The third-order valence-corrected chi connectivity index (χ3v) is 4.08. The maximum atomic E-state index is 5.46. The van der Waals surface area contributed by atoms with E-state index >= 15 is 0 Å². The van der Waals surface area contributed by atoms with E-state index in [0.29, 0.717) is 6.61 Å². The molecule has 3 rings (SSSR count). The quantitative estimate of drug-likeness (QED) is 0.707. The Morgan fingerprint density at radius 2 is 2.00 bits per heavy atom.